The highest BCUT2D eigenvalue weighted by molar-refractivity contribution is 6.20. The van der Waals surface area contributed by atoms with Gasteiger partial charge < -0.3 is 20.1 Å². The smallest absolute Gasteiger partial charge is 0.420 e. The number of carbonyl (C=O) groups is 1. The Bertz CT molecular complexity index is 1160. The van der Waals surface area contributed by atoms with E-state index in [1.807, 2.05) is 11.8 Å². The number of halogens is 3. The standard InChI is InChI=1S/C22H20ClF2N5O3/c1-13-19(10-26-12-28-13)18-8-14(9-27-20(18)30-7-6-16(31)11-30)21(32)29-15-2-4-17(5-3-15)33-22(23,24)25/h2-5,8-10,12,16,31H,6-7,11H2,1H3,(H,29,32). The Morgan fingerprint density at radius 1 is 1.24 bits per heavy atom. The van der Waals surface area contributed by atoms with Gasteiger partial charge in [0, 0.05) is 59.6 Å². The van der Waals surface area contributed by atoms with Crippen molar-refractivity contribution in [1.82, 2.24) is 15.0 Å². The molecule has 3 aromatic rings. The number of aliphatic hydroxyl groups excluding tert-OH is 1. The van der Waals surface area contributed by atoms with Gasteiger partial charge in [0.25, 0.3) is 5.91 Å². The van der Waals surface area contributed by atoms with Crippen molar-refractivity contribution in [1.29, 1.82) is 0 Å². The molecule has 0 aliphatic carbocycles. The maximum atomic E-state index is 12.9. The number of β-amino-alcohol motifs (C(OH)–C–C–N with tert-alkyl or cyclic N) is 1. The lowest BCUT2D eigenvalue weighted by molar-refractivity contribution is -0.0964. The molecule has 0 saturated carbocycles. The van der Waals surface area contributed by atoms with Crippen LogP contribution in [0.3, 0.4) is 0 Å². The second kappa shape index (κ2) is 9.24. The molecule has 33 heavy (non-hydrogen) atoms. The highest BCUT2D eigenvalue weighted by Gasteiger charge is 2.28. The summed E-state index contributed by atoms with van der Waals surface area (Å²) in [6.07, 6.45) is 4.73. The predicted molar refractivity (Wildman–Crippen MR) is 119 cm³/mol. The van der Waals surface area contributed by atoms with Crippen LogP contribution in [0.1, 0.15) is 22.5 Å². The summed E-state index contributed by atoms with van der Waals surface area (Å²) in [5, 5.41) is 12.6. The Morgan fingerprint density at radius 3 is 2.64 bits per heavy atom. The Balaban J connectivity index is 1.61. The fourth-order valence-corrected chi connectivity index (χ4v) is 3.65. The number of aliphatic hydroxyl groups is 1. The predicted octanol–water partition coefficient (Wildman–Crippen LogP) is 3.84. The summed E-state index contributed by atoms with van der Waals surface area (Å²) in [6.45, 7) is 2.91. The summed E-state index contributed by atoms with van der Waals surface area (Å²) in [7, 11) is 0. The van der Waals surface area contributed by atoms with Gasteiger partial charge in [-0.05, 0) is 43.7 Å². The number of hydrogen-bond acceptors (Lipinski definition) is 7. The second-order valence-corrected chi connectivity index (χ2v) is 7.97. The molecule has 0 radical (unpaired) electrons. The first-order valence-electron chi connectivity index (χ1n) is 10.1. The van der Waals surface area contributed by atoms with Gasteiger partial charge in [0.1, 0.15) is 17.9 Å². The third kappa shape index (κ3) is 5.52. The molecule has 3 heterocycles. The van der Waals surface area contributed by atoms with Gasteiger partial charge in [-0.15, -0.1) is 8.78 Å². The van der Waals surface area contributed by atoms with Gasteiger partial charge in [-0.2, -0.15) is 0 Å². The lowest BCUT2D eigenvalue weighted by Gasteiger charge is -2.21. The zero-order chi connectivity index (χ0) is 23.6. The number of pyridine rings is 1. The van der Waals surface area contributed by atoms with Crippen molar-refractivity contribution in [2.24, 2.45) is 0 Å². The van der Waals surface area contributed by atoms with Crippen LogP contribution < -0.4 is 15.0 Å². The number of aryl methyl sites for hydroxylation is 1. The van der Waals surface area contributed by atoms with Crippen LogP contribution >= 0.6 is 11.6 Å². The molecular formula is C22H20ClF2N5O3. The number of anilines is 2. The van der Waals surface area contributed by atoms with E-state index in [0.717, 1.165) is 11.3 Å². The minimum absolute atomic E-state index is 0.145. The summed E-state index contributed by atoms with van der Waals surface area (Å²) >= 11 is 4.76. The van der Waals surface area contributed by atoms with Crippen molar-refractivity contribution in [2.45, 2.75) is 25.0 Å². The summed E-state index contributed by atoms with van der Waals surface area (Å²) in [4.78, 5) is 27.7. The zero-order valence-electron chi connectivity index (χ0n) is 17.5. The molecule has 1 aliphatic rings. The van der Waals surface area contributed by atoms with Crippen LogP contribution in [0.4, 0.5) is 20.3 Å². The molecule has 2 aromatic heterocycles. The number of ether oxygens (including phenoxy) is 1. The Labute approximate surface area is 193 Å². The van der Waals surface area contributed by atoms with E-state index in [4.69, 9.17) is 11.6 Å². The maximum absolute atomic E-state index is 12.9. The van der Waals surface area contributed by atoms with Gasteiger partial charge in [0.15, 0.2) is 0 Å². The van der Waals surface area contributed by atoms with Crippen LogP contribution in [0.25, 0.3) is 11.1 Å². The maximum Gasteiger partial charge on any atom is 0.487 e. The van der Waals surface area contributed by atoms with Crippen LogP contribution in [0, 0.1) is 6.92 Å². The number of aromatic nitrogens is 3. The van der Waals surface area contributed by atoms with E-state index in [1.54, 1.807) is 12.3 Å². The lowest BCUT2D eigenvalue weighted by Crippen LogP contribution is -2.23. The zero-order valence-corrected chi connectivity index (χ0v) is 18.3. The first kappa shape index (κ1) is 22.8. The minimum Gasteiger partial charge on any atom is -0.420 e. The van der Waals surface area contributed by atoms with Gasteiger partial charge in [-0.3, -0.25) is 4.79 Å². The molecule has 11 heteroatoms. The summed E-state index contributed by atoms with van der Waals surface area (Å²) < 4.78 is 29.8. The number of alkyl halides is 3. The normalized spacial score (nSPS) is 16.0. The van der Waals surface area contributed by atoms with E-state index in [2.05, 4.69) is 25.0 Å². The van der Waals surface area contributed by atoms with E-state index in [1.165, 1.54) is 36.8 Å². The molecule has 1 saturated heterocycles. The molecule has 172 valence electrons. The molecule has 0 spiro atoms. The van der Waals surface area contributed by atoms with Gasteiger partial charge in [0.2, 0.25) is 0 Å². The number of benzene rings is 1. The van der Waals surface area contributed by atoms with E-state index < -0.39 is 17.6 Å². The topological polar surface area (TPSA) is 100 Å². The van der Waals surface area contributed by atoms with E-state index >= 15 is 0 Å². The lowest BCUT2D eigenvalue weighted by atomic mass is 10.0. The molecule has 4 rings (SSSR count). The molecule has 1 aromatic carbocycles. The molecule has 1 unspecified atom stereocenters. The molecular weight excluding hydrogens is 456 g/mol. The highest BCUT2D eigenvalue weighted by Crippen LogP contribution is 2.33. The molecule has 0 bridgehead atoms. The van der Waals surface area contributed by atoms with Gasteiger partial charge in [0.05, 0.1) is 11.7 Å². The molecule has 1 atom stereocenters. The number of hydrogen-bond donors (Lipinski definition) is 2. The van der Waals surface area contributed by atoms with Crippen molar-refractivity contribution in [3.8, 4) is 16.9 Å². The Hall–Kier alpha value is -3.37. The first-order valence-corrected chi connectivity index (χ1v) is 10.4. The molecule has 1 fully saturated rings. The van der Waals surface area contributed by atoms with Crippen molar-refractivity contribution in [2.75, 3.05) is 23.3 Å². The number of nitrogens with one attached hydrogen (secondary N) is 1. The van der Waals surface area contributed by atoms with E-state index in [0.29, 0.717) is 36.6 Å². The van der Waals surface area contributed by atoms with Gasteiger partial charge in [-0.25, -0.2) is 15.0 Å². The second-order valence-electron chi connectivity index (χ2n) is 7.53. The van der Waals surface area contributed by atoms with Gasteiger partial charge >= 0.3 is 5.57 Å². The monoisotopic (exact) mass is 475 g/mol. The van der Waals surface area contributed by atoms with Crippen molar-refractivity contribution in [3.63, 3.8) is 0 Å². The third-order valence-electron chi connectivity index (χ3n) is 5.14. The van der Waals surface area contributed by atoms with Gasteiger partial charge in [-0.1, -0.05) is 0 Å². The quantitative estimate of drug-likeness (QED) is 0.522. The van der Waals surface area contributed by atoms with Crippen LogP contribution in [-0.4, -0.2) is 50.7 Å². The largest absolute Gasteiger partial charge is 0.487 e. The van der Waals surface area contributed by atoms with E-state index in [9.17, 15) is 18.7 Å². The van der Waals surface area contributed by atoms with Crippen molar-refractivity contribution >= 4 is 29.0 Å². The molecule has 2 N–H and O–H groups in total. The summed E-state index contributed by atoms with van der Waals surface area (Å²) in [6, 6.07) is 7.06. The fraction of sp³-hybridized carbons (Fsp3) is 0.273. The minimum atomic E-state index is -3.82. The third-order valence-corrected chi connectivity index (χ3v) is 5.22. The summed E-state index contributed by atoms with van der Waals surface area (Å²) in [5.74, 6) is 0.0424. The average molecular weight is 476 g/mol. The van der Waals surface area contributed by atoms with Crippen molar-refractivity contribution < 1.29 is 23.4 Å². The molecule has 1 amide bonds. The number of carbonyl (C=O) groups excluding carboxylic acids is 1. The van der Waals surface area contributed by atoms with E-state index in [-0.39, 0.29) is 11.3 Å². The number of rotatable bonds is 6. The van der Waals surface area contributed by atoms with Crippen LogP contribution in [0.15, 0.2) is 49.1 Å². The molecule has 1 aliphatic heterocycles. The Morgan fingerprint density at radius 2 is 2.00 bits per heavy atom. The molecule has 8 nitrogen and oxygen atoms in total. The highest BCUT2D eigenvalue weighted by atomic mass is 35.5. The van der Waals surface area contributed by atoms with Crippen molar-refractivity contribution in [3.05, 3.63) is 60.3 Å². The Kier molecular flexibility index (Phi) is 6.39. The van der Waals surface area contributed by atoms with Crippen LogP contribution in [0.2, 0.25) is 0 Å². The number of nitrogens with zero attached hydrogens (tertiary/aromatic N) is 4. The first-order chi connectivity index (χ1) is 15.7. The van der Waals surface area contributed by atoms with Crippen LogP contribution in [-0.2, 0) is 0 Å². The summed E-state index contributed by atoms with van der Waals surface area (Å²) in [5.41, 5.74) is -1.05. The average Bonchev–Trinajstić information content (AvgIpc) is 3.20. The number of amides is 1. The van der Waals surface area contributed by atoms with Crippen LogP contribution in [0.5, 0.6) is 5.75 Å². The fourth-order valence-electron chi connectivity index (χ4n) is 3.56. The SMILES string of the molecule is Cc1ncncc1-c1cc(C(=O)Nc2ccc(OC(F)(F)Cl)cc2)cnc1N1CCC(O)C1.